The van der Waals surface area contributed by atoms with Crippen LogP contribution in [-0.2, 0) is 63.7 Å². The quantitative estimate of drug-likeness (QED) is 0.0230. The highest BCUT2D eigenvalue weighted by atomic mass is 16.7. The molecule has 0 saturated heterocycles. The fourth-order valence-electron chi connectivity index (χ4n) is 5.96. The molecule has 1 rings (SSSR count). The highest BCUT2D eigenvalue weighted by molar-refractivity contribution is 5.96. The number of methoxy groups -OCH3 is 1. The number of unbranched alkanes of at least 4 members (excludes halogenated alkanes) is 8. The second-order valence-corrected chi connectivity index (χ2v) is 15.6. The van der Waals surface area contributed by atoms with Gasteiger partial charge in [-0.15, -0.1) is 5.92 Å². The van der Waals surface area contributed by atoms with E-state index >= 15 is 0 Å². The Labute approximate surface area is 360 Å². The Kier molecular flexibility index (Phi) is 25.7. The van der Waals surface area contributed by atoms with Gasteiger partial charge in [0.15, 0.2) is 12.2 Å². The number of carbonyl (C=O) groups excluding carboxylic acids is 7. The molecule has 1 aromatic carbocycles. The predicted molar refractivity (Wildman–Crippen MR) is 225 cm³/mol. The average molecular weight is 858 g/mol. The highest BCUT2D eigenvalue weighted by Crippen LogP contribution is 2.30. The zero-order valence-corrected chi connectivity index (χ0v) is 37.3. The second-order valence-electron chi connectivity index (χ2n) is 15.6. The van der Waals surface area contributed by atoms with Crippen LogP contribution < -0.4 is 10.1 Å². The van der Waals surface area contributed by atoms with Crippen molar-refractivity contribution in [3.8, 4) is 17.6 Å². The van der Waals surface area contributed by atoms with Crippen LogP contribution in [0.25, 0.3) is 0 Å². The lowest BCUT2D eigenvalue weighted by atomic mass is 9.82. The van der Waals surface area contributed by atoms with Crippen LogP contribution in [0.15, 0.2) is 36.4 Å². The van der Waals surface area contributed by atoms with Crippen LogP contribution in [0.5, 0.6) is 5.75 Å². The fraction of sp³-hybridized carbons (Fsp3) is 0.630. The van der Waals surface area contributed by atoms with E-state index in [0.29, 0.717) is 37.0 Å². The van der Waals surface area contributed by atoms with Crippen molar-refractivity contribution in [1.29, 1.82) is 0 Å². The molecule has 61 heavy (non-hydrogen) atoms. The first-order valence-corrected chi connectivity index (χ1v) is 21.0. The topological polar surface area (TPSA) is 207 Å². The summed E-state index contributed by atoms with van der Waals surface area (Å²) in [5.74, 6) is -1.88. The molecule has 15 heteroatoms. The standard InChI is InChI=1S/C46H67NO14/c1-9-11-13-16-19-22-36(49)23-20-17-14-15-18-21-24-38(46(55,44(54)61-45(5,6)7)31-40(50)60-34(4)59-33(3)48)42(52)47-39(43(53)58-32-41(51)56-8)30-35-25-27-37(28-26-35)57-29-12-10-2/h21,24-28,34,38-39,55H,9,11,13-20,22-23,29-32H2,1-8H3,(H,47,52)/b24-21+/t34?,38-,39+,46+/m1/s1. The van der Waals surface area contributed by atoms with Crippen molar-refractivity contribution in [2.24, 2.45) is 5.92 Å². The molecule has 4 atom stereocenters. The van der Waals surface area contributed by atoms with Crippen LogP contribution in [0, 0.1) is 17.8 Å². The maximum atomic E-state index is 14.4. The first-order valence-electron chi connectivity index (χ1n) is 21.0. The van der Waals surface area contributed by atoms with Crippen molar-refractivity contribution in [1.82, 2.24) is 5.32 Å². The molecule has 1 aromatic rings. The molecule has 0 heterocycles. The number of rotatable bonds is 29. The largest absolute Gasteiger partial charge is 0.481 e. The number of amides is 1. The first kappa shape index (κ1) is 53.8. The van der Waals surface area contributed by atoms with E-state index in [9.17, 15) is 38.7 Å². The van der Waals surface area contributed by atoms with E-state index in [4.69, 9.17) is 23.7 Å². The molecule has 0 aliphatic heterocycles. The zero-order chi connectivity index (χ0) is 45.8. The van der Waals surface area contributed by atoms with E-state index in [0.717, 1.165) is 59.0 Å². The van der Waals surface area contributed by atoms with E-state index in [2.05, 4.69) is 28.8 Å². The monoisotopic (exact) mass is 857 g/mol. The molecule has 1 amide bonds. The van der Waals surface area contributed by atoms with Crippen molar-refractivity contribution in [2.45, 2.75) is 162 Å². The number of esters is 5. The number of ether oxygens (including phenoxy) is 6. The molecule has 0 saturated carbocycles. The van der Waals surface area contributed by atoms with Crippen LogP contribution in [0.3, 0.4) is 0 Å². The van der Waals surface area contributed by atoms with E-state index in [1.54, 1.807) is 37.3 Å². The molecule has 0 bridgehead atoms. The van der Waals surface area contributed by atoms with Gasteiger partial charge in [0.25, 0.3) is 0 Å². The summed E-state index contributed by atoms with van der Waals surface area (Å²) < 4.78 is 30.8. The van der Waals surface area contributed by atoms with Gasteiger partial charge in [-0.2, -0.15) is 0 Å². The average Bonchev–Trinajstić information content (AvgIpc) is 3.18. The number of aliphatic hydroxyl groups is 1. The van der Waals surface area contributed by atoms with Crippen LogP contribution in [0.2, 0.25) is 0 Å². The molecule has 0 aliphatic rings. The van der Waals surface area contributed by atoms with Crippen LogP contribution in [-0.4, -0.2) is 90.5 Å². The number of allylic oxidation sites excluding steroid dienone is 1. The summed E-state index contributed by atoms with van der Waals surface area (Å²) in [6.07, 6.45) is 9.96. The molecular formula is C46H67NO14. The Morgan fingerprint density at radius 3 is 2.07 bits per heavy atom. The van der Waals surface area contributed by atoms with Gasteiger partial charge in [0.1, 0.15) is 29.8 Å². The van der Waals surface area contributed by atoms with E-state index in [-0.39, 0.29) is 18.8 Å². The third-order valence-corrected chi connectivity index (χ3v) is 9.07. The molecule has 0 fully saturated rings. The number of nitrogens with one attached hydrogen (secondary N) is 1. The van der Waals surface area contributed by atoms with Crippen molar-refractivity contribution in [2.75, 3.05) is 20.3 Å². The lowest BCUT2D eigenvalue weighted by Gasteiger charge is -2.34. The number of Topliss-reactive ketones (excluding diaryl/α,β-unsaturated/α-hetero) is 1. The minimum absolute atomic E-state index is 0.153. The maximum Gasteiger partial charge on any atom is 0.344 e. The number of hydrogen-bond acceptors (Lipinski definition) is 14. The van der Waals surface area contributed by atoms with Crippen molar-refractivity contribution >= 4 is 41.5 Å². The summed E-state index contributed by atoms with van der Waals surface area (Å²) in [6.45, 7) is 10.1. The third kappa shape index (κ3) is 23.4. The first-order chi connectivity index (χ1) is 28.8. The smallest absolute Gasteiger partial charge is 0.344 e. The summed E-state index contributed by atoms with van der Waals surface area (Å²) in [6, 6.07) is 5.06. The molecule has 15 nitrogen and oxygen atoms in total. The van der Waals surface area contributed by atoms with Crippen molar-refractivity contribution in [3.05, 3.63) is 42.0 Å². The zero-order valence-electron chi connectivity index (χ0n) is 37.3. The molecule has 2 N–H and O–H groups in total. The van der Waals surface area contributed by atoms with E-state index in [1.165, 1.54) is 40.2 Å². The number of ketones is 1. The van der Waals surface area contributed by atoms with Crippen LogP contribution >= 0.6 is 0 Å². The SMILES string of the molecule is CC#CCOc1ccc(C[C@H](NC(=O)[C@@H](/C=C/CCCCCCC(=O)CCCCCCC)[C@@](O)(CC(=O)OC(C)OC(C)=O)C(=O)OC(C)(C)C)C(=O)OCC(=O)OC)cc1. The summed E-state index contributed by atoms with van der Waals surface area (Å²) in [4.78, 5) is 90.6. The molecule has 1 unspecified atom stereocenters. The van der Waals surface area contributed by atoms with E-state index < -0.39 is 78.2 Å². The molecule has 0 radical (unpaired) electrons. The van der Waals surface area contributed by atoms with Gasteiger partial charge < -0.3 is 38.8 Å². The summed E-state index contributed by atoms with van der Waals surface area (Å²) in [5.41, 5.74) is -3.58. The minimum atomic E-state index is -2.92. The van der Waals surface area contributed by atoms with Gasteiger partial charge in [0.05, 0.1) is 19.4 Å². The number of hydrogen-bond donors (Lipinski definition) is 2. The van der Waals surface area contributed by atoms with Gasteiger partial charge in [0.2, 0.25) is 12.2 Å². The molecule has 340 valence electrons. The predicted octanol–water partition coefficient (Wildman–Crippen LogP) is 6.19. The normalized spacial score (nSPS) is 13.6. The van der Waals surface area contributed by atoms with Crippen molar-refractivity contribution in [3.63, 3.8) is 0 Å². The lowest BCUT2D eigenvalue weighted by Crippen LogP contribution is -2.57. The van der Waals surface area contributed by atoms with Gasteiger partial charge in [0, 0.05) is 33.1 Å². The van der Waals surface area contributed by atoms with Gasteiger partial charge in [-0.05, 0) is 71.1 Å². The van der Waals surface area contributed by atoms with Crippen LogP contribution in [0.4, 0.5) is 0 Å². The fourth-order valence-corrected chi connectivity index (χ4v) is 5.96. The molecule has 0 aromatic heterocycles. The summed E-state index contributed by atoms with van der Waals surface area (Å²) in [5, 5.41) is 14.8. The lowest BCUT2D eigenvalue weighted by molar-refractivity contribution is -0.197. The Morgan fingerprint density at radius 1 is 0.869 bits per heavy atom. The van der Waals surface area contributed by atoms with Crippen molar-refractivity contribution < 1.29 is 67.1 Å². The Hall–Kier alpha value is -5.23. The molecule has 0 spiro atoms. The Bertz CT molecular complexity index is 1650. The van der Waals surface area contributed by atoms with Gasteiger partial charge in [-0.1, -0.05) is 75.7 Å². The van der Waals surface area contributed by atoms with E-state index in [1.807, 2.05) is 0 Å². The summed E-state index contributed by atoms with van der Waals surface area (Å²) in [7, 11) is 1.11. The number of carbonyl (C=O) groups is 7. The number of benzene rings is 1. The molecule has 0 aliphatic carbocycles. The third-order valence-electron chi connectivity index (χ3n) is 9.07. The Balaban J connectivity index is 3.47. The molecular weight excluding hydrogens is 790 g/mol. The minimum Gasteiger partial charge on any atom is -0.481 e. The summed E-state index contributed by atoms with van der Waals surface area (Å²) >= 11 is 0. The maximum absolute atomic E-state index is 14.4. The van der Waals surface area contributed by atoms with Gasteiger partial charge in [-0.25, -0.2) is 14.4 Å². The highest BCUT2D eigenvalue weighted by Gasteiger charge is 2.51. The van der Waals surface area contributed by atoms with Crippen LogP contribution in [0.1, 0.15) is 138 Å². The van der Waals surface area contributed by atoms with Gasteiger partial charge in [-0.3, -0.25) is 19.2 Å². The Morgan fingerprint density at radius 2 is 1.49 bits per heavy atom. The van der Waals surface area contributed by atoms with Gasteiger partial charge >= 0.3 is 29.8 Å². The second kappa shape index (κ2) is 29.1.